The summed E-state index contributed by atoms with van der Waals surface area (Å²) in [6.07, 6.45) is 0. The summed E-state index contributed by atoms with van der Waals surface area (Å²) >= 11 is 0. The number of hydrogen-bond acceptors (Lipinski definition) is 1. The third-order valence-electron chi connectivity index (χ3n) is 8.04. The van der Waals surface area contributed by atoms with Crippen molar-refractivity contribution >= 4 is 22.1 Å². The maximum absolute atomic E-state index is 3.80. The van der Waals surface area contributed by atoms with E-state index in [4.69, 9.17) is 0 Å². The summed E-state index contributed by atoms with van der Waals surface area (Å²) in [7, 11) is 0. The fourth-order valence-corrected chi connectivity index (χ4v) is 6.76. The van der Waals surface area contributed by atoms with Crippen LogP contribution in [0.25, 0.3) is 33.0 Å². The summed E-state index contributed by atoms with van der Waals surface area (Å²) in [4.78, 5) is 0. The van der Waals surface area contributed by atoms with Gasteiger partial charge in [-0.15, -0.1) is 0 Å². The molecule has 6 aromatic rings. The minimum absolute atomic E-state index is 0.392. The molecular formula is C35H23N. The van der Waals surface area contributed by atoms with Crippen molar-refractivity contribution in [2.75, 3.05) is 5.32 Å². The molecule has 8 rings (SSSR count). The topological polar surface area (TPSA) is 12.0 Å². The van der Waals surface area contributed by atoms with Gasteiger partial charge in [0, 0.05) is 16.9 Å². The zero-order chi connectivity index (χ0) is 23.7. The minimum Gasteiger partial charge on any atom is -0.355 e. The summed E-state index contributed by atoms with van der Waals surface area (Å²) in [6.45, 7) is 0. The van der Waals surface area contributed by atoms with Crippen LogP contribution in [0.3, 0.4) is 0 Å². The molecule has 0 radical (unpaired) electrons. The highest BCUT2D eigenvalue weighted by Gasteiger charge is 2.53. The fraction of sp³-hybridized carbons (Fsp3) is 0.0286. The Morgan fingerprint density at radius 3 is 1.81 bits per heavy atom. The van der Waals surface area contributed by atoms with E-state index in [-0.39, 0.29) is 0 Å². The van der Waals surface area contributed by atoms with Gasteiger partial charge in [0.25, 0.3) is 0 Å². The third-order valence-corrected chi connectivity index (χ3v) is 8.04. The highest BCUT2D eigenvalue weighted by molar-refractivity contribution is 6.05. The average Bonchev–Trinajstić information content (AvgIpc) is 3.42. The van der Waals surface area contributed by atoms with Crippen molar-refractivity contribution < 1.29 is 0 Å². The number of anilines is 2. The molecule has 36 heavy (non-hydrogen) atoms. The predicted molar refractivity (Wildman–Crippen MR) is 150 cm³/mol. The molecule has 0 fully saturated rings. The van der Waals surface area contributed by atoms with Crippen LogP contribution in [0.15, 0.2) is 133 Å². The van der Waals surface area contributed by atoms with E-state index in [1.54, 1.807) is 0 Å². The van der Waals surface area contributed by atoms with Crippen LogP contribution >= 0.6 is 0 Å². The molecule has 1 nitrogen and oxygen atoms in total. The lowest BCUT2D eigenvalue weighted by molar-refractivity contribution is 0.803. The van der Waals surface area contributed by atoms with E-state index in [0.29, 0.717) is 0 Å². The molecule has 6 aromatic carbocycles. The predicted octanol–water partition coefficient (Wildman–Crippen LogP) is 8.93. The molecule has 0 bridgehead atoms. The molecule has 0 saturated heterocycles. The van der Waals surface area contributed by atoms with Crippen LogP contribution in [0.1, 0.15) is 22.3 Å². The van der Waals surface area contributed by atoms with Crippen LogP contribution in [0.5, 0.6) is 0 Å². The average molecular weight is 458 g/mol. The van der Waals surface area contributed by atoms with Gasteiger partial charge >= 0.3 is 0 Å². The first-order valence-electron chi connectivity index (χ1n) is 12.5. The van der Waals surface area contributed by atoms with Crippen molar-refractivity contribution in [3.63, 3.8) is 0 Å². The minimum atomic E-state index is -0.392. The molecule has 1 atom stereocenters. The van der Waals surface area contributed by atoms with E-state index in [0.717, 1.165) is 11.4 Å². The fourth-order valence-electron chi connectivity index (χ4n) is 6.76. The molecule has 2 aliphatic rings. The number of hydrogen-bond donors (Lipinski definition) is 1. The van der Waals surface area contributed by atoms with Crippen LogP contribution < -0.4 is 5.32 Å². The van der Waals surface area contributed by atoms with Gasteiger partial charge in [-0.2, -0.15) is 0 Å². The monoisotopic (exact) mass is 457 g/mol. The Hall–Kier alpha value is -4.62. The zero-order valence-electron chi connectivity index (χ0n) is 19.7. The van der Waals surface area contributed by atoms with E-state index < -0.39 is 5.41 Å². The molecule has 0 saturated carbocycles. The standard InChI is InChI=1S/C35H23N/c1-2-12-24(13-3-1)36-32-20-10-17-28-26-15-6-8-18-30(26)35(34(28)32)31-19-9-7-16-27(31)29-22-21-23-11-4-5-14-25(23)33(29)35/h1-22,36H. The Labute approximate surface area is 210 Å². The van der Waals surface area contributed by atoms with E-state index in [9.17, 15) is 0 Å². The number of rotatable bonds is 2. The molecule has 1 spiro atoms. The van der Waals surface area contributed by atoms with Crippen LogP contribution in [-0.2, 0) is 5.41 Å². The molecule has 2 aliphatic carbocycles. The van der Waals surface area contributed by atoms with E-state index in [1.807, 2.05) is 0 Å². The van der Waals surface area contributed by atoms with Crippen molar-refractivity contribution in [2.45, 2.75) is 5.41 Å². The SMILES string of the molecule is c1ccc(Nc2cccc3c2C2(c4ccccc4-3)c3ccccc3-c3ccc4ccccc4c32)cc1. The lowest BCUT2D eigenvalue weighted by Gasteiger charge is -2.33. The first-order valence-corrected chi connectivity index (χ1v) is 12.5. The van der Waals surface area contributed by atoms with E-state index >= 15 is 0 Å². The summed E-state index contributed by atoms with van der Waals surface area (Å²) in [5.74, 6) is 0. The normalized spacial score (nSPS) is 16.4. The van der Waals surface area contributed by atoms with Gasteiger partial charge in [-0.1, -0.05) is 115 Å². The van der Waals surface area contributed by atoms with E-state index in [1.165, 1.54) is 55.3 Å². The Balaban J connectivity index is 1.57. The number of nitrogens with one attached hydrogen (secondary N) is 1. The second kappa shape index (κ2) is 7.19. The lowest BCUT2D eigenvalue weighted by atomic mass is 9.69. The molecular weight excluding hydrogens is 434 g/mol. The Morgan fingerprint density at radius 1 is 0.417 bits per heavy atom. The molecule has 0 aliphatic heterocycles. The summed E-state index contributed by atoms with van der Waals surface area (Å²) in [6, 6.07) is 48.7. The van der Waals surface area contributed by atoms with Crippen LogP contribution in [0, 0.1) is 0 Å². The van der Waals surface area contributed by atoms with Crippen LogP contribution in [0.2, 0.25) is 0 Å². The second-order valence-corrected chi connectivity index (χ2v) is 9.77. The van der Waals surface area contributed by atoms with Crippen LogP contribution in [-0.4, -0.2) is 0 Å². The van der Waals surface area contributed by atoms with Gasteiger partial charge in [0.15, 0.2) is 0 Å². The largest absolute Gasteiger partial charge is 0.355 e. The summed E-state index contributed by atoms with van der Waals surface area (Å²) in [5, 5.41) is 6.40. The Bertz CT molecular complexity index is 1800. The van der Waals surface area contributed by atoms with Gasteiger partial charge in [0.05, 0.1) is 5.41 Å². The third kappa shape index (κ3) is 2.40. The molecule has 0 heterocycles. The van der Waals surface area contributed by atoms with E-state index in [2.05, 4.69) is 139 Å². The zero-order valence-corrected chi connectivity index (χ0v) is 19.7. The van der Waals surface area contributed by atoms with Crippen molar-refractivity contribution in [2.24, 2.45) is 0 Å². The lowest BCUT2D eigenvalue weighted by Crippen LogP contribution is -2.27. The van der Waals surface area contributed by atoms with Gasteiger partial charge in [0.2, 0.25) is 0 Å². The molecule has 1 unspecified atom stereocenters. The number of fused-ring (bicyclic) bond motifs is 12. The molecule has 168 valence electrons. The van der Waals surface area contributed by atoms with Gasteiger partial charge in [0.1, 0.15) is 0 Å². The Kier molecular flexibility index (Phi) is 3.93. The maximum Gasteiger partial charge on any atom is 0.0751 e. The number of benzene rings is 6. The summed E-state index contributed by atoms with van der Waals surface area (Å²) in [5.41, 5.74) is 12.6. The second-order valence-electron chi connectivity index (χ2n) is 9.77. The van der Waals surface area contributed by atoms with Gasteiger partial charge in [-0.05, 0) is 67.9 Å². The number of para-hydroxylation sites is 1. The smallest absolute Gasteiger partial charge is 0.0751 e. The molecule has 0 aromatic heterocycles. The van der Waals surface area contributed by atoms with Crippen molar-refractivity contribution in [1.29, 1.82) is 0 Å². The van der Waals surface area contributed by atoms with Crippen molar-refractivity contribution in [1.82, 2.24) is 0 Å². The Morgan fingerprint density at radius 2 is 1.03 bits per heavy atom. The first kappa shape index (κ1) is 19.7. The van der Waals surface area contributed by atoms with Gasteiger partial charge < -0.3 is 5.32 Å². The molecule has 0 amide bonds. The van der Waals surface area contributed by atoms with Crippen molar-refractivity contribution in [3.05, 3.63) is 156 Å². The summed E-state index contributed by atoms with van der Waals surface area (Å²) < 4.78 is 0. The highest BCUT2D eigenvalue weighted by atomic mass is 14.9. The maximum atomic E-state index is 3.80. The first-order chi connectivity index (χ1) is 17.9. The molecule has 1 N–H and O–H groups in total. The quantitative estimate of drug-likeness (QED) is 0.273. The van der Waals surface area contributed by atoms with Crippen LogP contribution in [0.4, 0.5) is 11.4 Å². The highest BCUT2D eigenvalue weighted by Crippen LogP contribution is 2.65. The van der Waals surface area contributed by atoms with Gasteiger partial charge in [-0.25, -0.2) is 0 Å². The van der Waals surface area contributed by atoms with Crippen molar-refractivity contribution in [3.8, 4) is 22.3 Å². The molecule has 1 heteroatoms. The van der Waals surface area contributed by atoms with Gasteiger partial charge in [-0.3, -0.25) is 0 Å².